The molecule has 0 bridgehead atoms. The topological polar surface area (TPSA) is 73.3 Å². The third-order valence-corrected chi connectivity index (χ3v) is 3.11. The van der Waals surface area contributed by atoms with Crippen LogP contribution in [0.5, 0.6) is 5.75 Å². The highest BCUT2D eigenvalue weighted by Gasteiger charge is 2.17. The molecule has 0 aliphatic heterocycles. The van der Waals surface area contributed by atoms with Crippen LogP contribution in [0.25, 0.3) is 0 Å². The van der Waals surface area contributed by atoms with Crippen LogP contribution in [0.1, 0.15) is 17.2 Å². The molecule has 1 unspecified atom stereocenters. The molecular formula is C12H14ClN3O2. The van der Waals surface area contributed by atoms with Crippen molar-refractivity contribution in [3.05, 3.63) is 40.5 Å². The van der Waals surface area contributed by atoms with E-state index in [9.17, 15) is 5.11 Å². The maximum absolute atomic E-state index is 10.3. The molecule has 0 fully saturated rings. The number of nitrogen functional groups attached to an aromatic ring is 1. The maximum atomic E-state index is 10.3. The van der Waals surface area contributed by atoms with E-state index in [-0.39, 0.29) is 0 Å². The van der Waals surface area contributed by atoms with Gasteiger partial charge in [0.15, 0.2) is 0 Å². The highest BCUT2D eigenvalue weighted by Crippen LogP contribution is 2.31. The molecule has 0 aliphatic carbocycles. The average Bonchev–Trinajstić information content (AvgIpc) is 2.70. The lowest BCUT2D eigenvalue weighted by molar-refractivity contribution is 0.220. The van der Waals surface area contributed by atoms with Crippen molar-refractivity contribution in [1.82, 2.24) is 9.78 Å². The van der Waals surface area contributed by atoms with Gasteiger partial charge in [0.05, 0.1) is 18.3 Å². The number of aliphatic hydroxyl groups excluding tert-OH is 1. The molecule has 2 aromatic rings. The van der Waals surface area contributed by atoms with E-state index in [2.05, 4.69) is 5.10 Å². The van der Waals surface area contributed by atoms with Crippen molar-refractivity contribution in [3.63, 3.8) is 0 Å². The van der Waals surface area contributed by atoms with Gasteiger partial charge in [-0.3, -0.25) is 4.68 Å². The molecule has 3 N–H and O–H groups in total. The zero-order chi connectivity index (χ0) is 13.3. The van der Waals surface area contributed by atoms with Crippen LogP contribution in [0, 0.1) is 0 Å². The van der Waals surface area contributed by atoms with Gasteiger partial charge in [0.2, 0.25) is 0 Å². The Balaban J connectivity index is 2.40. The molecule has 1 aromatic carbocycles. The van der Waals surface area contributed by atoms with Crippen LogP contribution in [0.2, 0.25) is 5.02 Å². The molecule has 96 valence electrons. The van der Waals surface area contributed by atoms with E-state index in [1.165, 1.54) is 11.8 Å². The summed E-state index contributed by atoms with van der Waals surface area (Å²) in [5.74, 6) is 0.937. The summed E-state index contributed by atoms with van der Waals surface area (Å²) >= 11 is 5.93. The Morgan fingerprint density at radius 3 is 2.78 bits per heavy atom. The Morgan fingerprint density at radius 2 is 2.22 bits per heavy atom. The summed E-state index contributed by atoms with van der Waals surface area (Å²) in [5, 5.41) is 14.8. The van der Waals surface area contributed by atoms with Crippen molar-refractivity contribution in [2.45, 2.75) is 6.10 Å². The zero-order valence-electron chi connectivity index (χ0n) is 10.1. The van der Waals surface area contributed by atoms with Crippen LogP contribution in [-0.2, 0) is 7.05 Å². The number of methoxy groups -OCH3 is 1. The fourth-order valence-corrected chi connectivity index (χ4v) is 1.90. The summed E-state index contributed by atoms with van der Waals surface area (Å²) in [5.41, 5.74) is 7.03. The van der Waals surface area contributed by atoms with Crippen LogP contribution >= 0.6 is 11.6 Å². The first-order valence-electron chi connectivity index (χ1n) is 5.33. The Kier molecular flexibility index (Phi) is 3.45. The van der Waals surface area contributed by atoms with Crippen molar-refractivity contribution < 1.29 is 9.84 Å². The first-order chi connectivity index (χ1) is 8.54. The minimum absolute atomic E-state index is 0.427. The van der Waals surface area contributed by atoms with Crippen molar-refractivity contribution in [1.29, 1.82) is 0 Å². The Labute approximate surface area is 110 Å². The number of hydrogen-bond acceptors (Lipinski definition) is 4. The van der Waals surface area contributed by atoms with E-state index in [4.69, 9.17) is 22.1 Å². The first kappa shape index (κ1) is 12.7. The second kappa shape index (κ2) is 4.88. The Bertz CT molecular complexity index is 568. The molecule has 6 heteroatoms. The van der Waals surface area contributed by atoms with Gasteiger partial charge in [-0.2, -0.15) is 5.10 Å². The molecule has 1 atom stereocenters. The van der Waals surface area contributed by atoms with Crippen molar-refractivity contribution in [2.75, 3.05) is 12.8 Å². The van der Waals surface area contributed by atoms with Crippen LogP contribution in [0.3, 0.4) is 0 Å². The van der Waals surface area contributed by atoms with Gasteiger partial charge in [-0.25, -0.2) is 0 Å². The highest BCUT2D eigenvalue weighted by molar-refractivity contribution is 6.32. The van der Waals surface area contributed by atoms with E-state index >= 15 is 0 Å². The molecule has 1 heterocycles. The monoisotopic (exact) mass is 267 g/mol. The fraction of sp³-hybridized carbons (Fsp3) is 0.250. The van der Waals surface area contributed by atoms with Crippen LogP contribution in [0.4, 0.5) is 5.82 Å². The van der Waals surface area contributed by atoms with Gasteiger partial charge in [-0.1, -0.05) is 17.7 Å². The molecule has 2 rings (SSSR count). The number of benzene rings is 1. The van der Waals surface area contributed by atoms with Gasteiger partial charge in [-0.15, -0.1) is 0 Å². The van der Waals surface area contributed by atoms with Gasteiger partial charge in [0.25, 0.3) is 0 Å². The summed E-state index contributed by atoms with van der Waals surface area (Å²) in [7, 11) is 3.24. The van der Waals surface area contributed by atoms with E-state index in [1.807, 2.05) is 0 Å². The number of rotatable bonds is 3. The summed E-state index contributed by atoms with van der Waals surface area (Å²) < 4.78 is 6.62. The molecule has 0 aliphatic rings. The molecule has 1 aromatic heterocycles. The Hall–Kier alpha value is -1.72. The predicted octanol–water partition coefficient (Wildman–Crippen LogP) is 1.75. The number of anilines is 1. The zero-order valence-corrected chi connectivity index (χ0v) is 10.8. The molecule has 5 nitrogen and oxygen atoms in total. The predicted molar refractivity (Wildman–Crippen MR) is 69.7 cm³/mol. The molecule has 0 saturated carbocycles. The minimum atomic E-state index is -0.857. The van der Waals surface area contributed by atoms with E-state index in [1.54, 1.807) is 31.4 Å². The average molecular weight is 268 g/mol. The smallest absolute Gasteiger partial charge is 0.137 e. The molecule has 0 amide bonds. The lowest BCUT2D eigenvalue weighted by Gasteiger charge is -2.12. The summed E-state index contributed by atoms with van der Waals surface area (Å²) in [6.07, 6.45) is 0.686. The Morgan fingerprint density at radius 1 is 1.50 bits per heavy atom. The second-order valence-corrected chi connectivity index (χ2v) is 4.31. The van der Waals surface area contributed by atoms with E-state index in [0.29, 0.717) is 27.7 Å². The normalized spacial score (nSPS) is 12.4. The van der Waals surface area contributed by atoms with Crippen LogP contribution in [-0.4, -0.2) is 22.0 Å². The van der Waals surface area contributed by atoms with Crippen molar-refractivity contribution in [2.24, 2.45) is 7.05 Å². The standard InChI is InChI=1S/C12H14ClN3O2/c1-16-12(14)8(6-15-16)11(17)7-3-4-9(13)10(5-7)18-2/h3-6,11,17H,14H2,1-2H3. The lowest BCUT2D eigenvalue weighted by Crippen LogP contribution is -2.05. The van der Waals surface area contributed by atoms with E-state index < -0.39 is 6.10 Å². The number of aryl methyl sites for hydroxylation is 1. The maximum Gasteiger partial charge on any atom is 0.137 e. The number of nitrogens with zero attached hydrogens (tertiary/aromatic N) is 2. The number of hydrogen-bond donors (Lipinski definition) is 2. The van der Waals surface area contributed by atoms with Crippen LogP contribution in [0.15, 0.2) is 24.4 Å². The molecule has 18 heavy (non-hydrogen) atoms. The molecule has 0 radical (unpaired) electrons. The fourth-order valence-electron chi connectivity index (χ4n) is 1.70. The summed E-state index contributed by atoms with van der Waals surface area (Å²) in [6.45, 7) is 0. The van der Waals surface area contributed by atoms with Gasteiger partial charge < -0.3 is 15.6 Å². The van der Waals surface area contributed by atoms with Crippen molar-refractivity contribution in [3.8, 4) is 5.75 Å². The van der Waals surface area contributed by atoms with Gasteiger partial charge in [-0.05, 0) is 17.7 Å². The van der Waals surface area contributed by atoms with Gasteiger partial charge >= 0.3 is 0 Å². The SMILES string of the molecule is COc1cc(C(O)c2cnn(C)c2N)ccc1Cl. The first-order valence-corrected chi connectivity index (χ1v) is 5.71. The summed E-state index contributed by atoms with van der Waals surface area (Å²) in [6, 6.07) is 5.08. The quantitative estimate of drug-likeness (QED) is 0.889. The van der Waals surface area contributed by atoms with Gasteiger partial charge in [0.1, 0.15) is 17.7 Å². The number of aliphatic hydroxyl groups is 1. The molecular weight excluding hydrogens is 254 g/mol. The number of halogens is 1. The summed E-state index contributed by atoms with van der Waals surface area (Å²) in [4.78, 5) is 0. The number of aromatic nitrogens is 2. The third-order valence-electron chi connectivity index (χ3n) is 2.80. The number of ether oxygens (including phenoxy) is 1. The number of nitrogens with two attached hydrogens (primary N) is 1. The van der Waals surface area contributed by atoms with Crippen LogP contribution < -0.4 is 10.5 Å². The largest absolute Gasteiger partial charge is 0.495 e. The van der Waals surface area contributed by atoms with Gasteiger partial charge in [0, 0.05) is 12.6 Å². The minimum Gasteiger partial charge on any atom is -0.495 e. The molecule has 0 saturated heterocycles. The third kappa shape index (κ3) is 2.14. The van der Waals surface area contributed by atoms with Crippen molar-refractivity contribution >= 4 is 17.4 Å². The molecule has 0 spiro atoms. The second-order valence-electron chi connectivity index (χ2n) is 3.91. The van der Waals surface area contributed by atoms with E-state index in [0.717, 1.165) is 0 Å². The lowest BCUT2D eigenvalue weighted by atomic mass is 10.0. The highest BCUT2D eigenvalue weighted by atomic mass is 35.5.